The van der Waals surface area contributed by atoms with Crippen LogP contribution < -0.4 is 0 Å². The van der Waals surface area contributed by atoms with Crippen molar-refractivity contribution in [3.63, 3.8) is 0 Å². The number of esters is 1. The Morgan fingerprint density at radius 2 is 2.04 bits per heavy atom. The molecule has 3 aromatic rings. The van der Waals surface area contributed by atoms with Gasteiger partial charge in [0.05, 0.1) is 16.2 Å². The van der Waals surface area contributed by atoms with E-state index in [1.54, 1.807) is 32.3 Å². The fraction of sp³-hybridized carbons (Fsp3) is 0.211. The number of nitrogens with zero attached hydrogens (tertiary/aromatic N) is 2. The number of aromatic nitrogens is 1. The summed E-state index contributed by atoms with van der Waals surface area (Å²) >= 11 is 2.84. The molecule has 0 saturated heterocycles. The molecule has 0 unspecified atom stereocenters. The van der Waals surface area contributed by atoms with Gasteiger partial charge in [-0.05, 0) is 23.6 Å². The molecule has 0 radical (unpaired) electrons. The third-order valence-electron chi connectivity index (χ3n) is 3.59. The molecule has 1 amide bonds. The van der Waals surface area contributed by atoms with Gasteiger partial charge in [0.1, 0.15) is 18.6 Å². The molecule has 0 bridgehead atoms. The van der Waals surface area contributed by atoms with Crippen molar-refractivity contribution in [1.82, 2.24) is 9.88 Å². The average molecular weight is 402 g/mol. The van der Waals surface area contributed by atoms with Gasteiger partial charge in [-0.2, -0.15) is 0 Å². The molecule has 2 aromatic heterocycles. The van der Waals surface area contributed by atoms with E-state index in [9.17, 15) is 9.59 Å². The molecule has 0 saturated carbocycles. The number of hydrogen-bond donors (Lipinski definition) is 0. The summed E-state index contributed by atoms with van der Waals surface area (Å²) in [6.07, 6.45) is 1.48. The van der Waals surface area contributed by atoms with Crippen LogP contribution in [-0.4, -0.2) is 41.6 Å². The summed E-state index contributed by atoms with van der Waals surface area (Å²) in [6.45, 7) is 0.0172. The fourth-order valence-corrected chi connectivity index (χ4v) is 3.81. The highest BCUT2D eigenvalue weighted by Gasteiger charge is 2.16. The second kappa shape index (κ2) is 8.88. The normalized spacial score (nSPS) is 10.6. The number of benzene rings is 1. The monoisotopic (exact) mass is 402 g/mol. The molecule has 27 heavy (non-hydrogen) atoms. The Bertz CT molecular complexity index is 919. The second-order valence-corrected chi connectivity index (χ2v) is 7.74. The average Bonchev–Trinajstić information content (AvgIpc) is 3.35. The van der Waals surface area contributed by atoms with E-state index in [0.717, 1.165) is 4.88 Å². The first-order valence-electron chi connectivity index (χ1n) is 8.12. The van der Waals surface area contributed by atoms with Gasteiger partial charge >= 0.3 is 5.97 Å². The van der Waals surface area contributed by atoms with Gasteiger partial charge in [0.25, 0.3) is 0 Å². The lowest BCUT2D eigenvalue weighted by Gasteiger charge is -2.11. The van der Waals surface area contributed by atoms with Gasteiger partial charge in [-0.25, -0.2) is 9.78 Å². The maximum Gasteiger partial charge on any atom is 0.339 e. The summed E-state index contributed by atoms with van der Waals surface area (Å²) in [7, 11) is 3.40. The number of rotatable bonds is 7. The first-order chi connectivity index (χ1) is 13.0. The number of oxazole rings is 1. The molecule has 0 aliphatic heterocycles. The first kappa shape index (κ1) is 19.2. The largest absolute Gasteiger partial charge is 0.455 e. The van der Waals surface area contributed by atoms with E-state index in [-0.39, 0.29) is 18.3 Å². The number of carbonyl (C=O) groups is 2. The van der Waals surface area contributed by atoms with Crippen LogP contribution in [0.4, 0.5) is 0 Å². The lowest BCUT2D eigenvalue weighted by Crippen LogP contribution is -2.23. The third-order valence-corrected chi connectivity index (χ3v) is 5.51. The Morgan fingerprint density at radius 1 is 1.22 bits per heavy atom. The number of carbonyl (C=O) groups excluding carboxylic acids is 2. The second-order valence-electron chi connectivity index (χ2n) is 5.77. The van der Waals surface area contributed by atoms with Gasteiger partial charge in [0.2, 0.25) is 11.8 Å². The predicted octanol–water partition coefficient (Wildman–Crippen LogP) is 3.94. The molecule has 0 aliphatic rings. The Kier molecular flexibility index (Phi) is 6.31. The van der Waals surface area contributed by atoms with Crippen LogP contribution in [0, 0.1) is 0 Å². The molecule has 2 heterocycles. The zero-order chi connectivity index (χ0) is 19.2. The molecular formula is C19H18N2O4S2. The van der Waals surface area contributed by atoms with E-state index in [4.69, 9.17) is 9.15 Å². The lowest BCUT2D eigenvalue weighted by molar-refractivity contribution is -0.125. The van der Waals surface area contributed by atoms with Crippen LogP contribution in [0.2, 0.25) is 0 Å². The number of thiophene rings is 1. The first-order valence-corrected chi connectivity index (χ1v) is 9.98. The third kappa shape index (κ3) is 4.99. The molecule has 3 rings (SSSR count). The molecule has 0 aliphatic carbocycles. The Labute approximate surface area is 165 Å². The summed E-state index contributed by atoms with van der Waals surface area (Å²) in [5.74, 6) is 0.280. The molecule has 0 fully saturated rings. The molecule has 8 heteroatoms. The van der Waals surface area contributed by atoms with Crippen LogP contribution in [-0.2, 0) is 16.1 Å². The number of amides is 1. The van der Waals surface area contributed by atoms with Crippen molar-refractivity contribution < 1.29 is 18.7 Å². The van der Waals surface area contributed by atoms with E-state index < -0.39 is 5.97 Å². The number of hydrogen-bond acceptors (Lipinski definition) is 7. The van der Waals surface area contributed by atoms with Crippen LogP contribution in [0.5, 0.6) is 0 Å². The summed E-state index contributed by atoms with van der Waals surface area (Å²) in [5.41, 5.74) is 0.968. The maximum absolute atomic E-state index is 12.5. The minimum absolute atomic E-state index is 0.0172. The van der Waals surface area contributed by atoms with Crippen molar-refractivity contribution in [1.29, 1.82) is 0 Å². The summed E-state index contributed by atoms with van der Waals surface area (Å²) in [6, 6.07) is 10.9. The van der Waals surface area contributed by atoms with Gasteiger partial charge in [0, 0.05) is 19.0 Å². The van der Waals surface area contributed by atoms with Gasteiger partial charge in [-0.15, -0.1) is 23.1 Å². The van der Waals surface area contributed by atoms with Gasteiger partial charge in [-0.1, -0.05) is 18.2 Å². The van der Waals surface area contributed by atoms with E-state index in [0.29, 0.717) is 22.0 Å². The quantitative estimate of drug-likeness (QED) is 0.440. The van der Waals surface area contributed by atoms with Crippen molar-refractivity contribution in [2.45, 2.75) is 11.5 Å². The smallest absolute Gasteiger partial charge is 0.339 e. The molecule has 0 spiro atoms. The van der Waals surface area contributed by atoms with Gasteiger partial charge < -0.3 is 14.1 Å². The number of ether oxygens (including phenoxy) is 1. The zero-order valence-electron chi connectivity index (χ0n) is 14.9. The standard InChI is InChI=1S/C19H18N2O4S2/c1-21(2)17(22)12-27-15-7-4-3-6-14(15)19(23)25-11-13-10-24-18(20-13)16-8-5-9-26-16/h3-10H,11-12H2,1-2H3. The minimum Gasteiger partial charge on any atom is -0.455 e. The summed E-state index contributed by atoms with van der Waals surface area (Å²) < 4.78 is 10.8. The van der Waals surface area contributed by atoms with Crippen LogP contribution in [0.15, 0.2) is 57.4 Å². The molecular weight excluding hydrogens is 384 g/mol. The summed E-state index contributed by atoms with van der Waals surface area (Å²) in [5, 5.41) is 1.94. The number of thioether (sulfide) groups is 1. The minimum atomic E-state index is -0.462. The zero-order valence-corrected chi connectivity index (χ0v) is 16.5. The highest BCUT2D eigenvalue weighted by Crippen LogP contribution is 2.25. The van der Waals surface area contributed by atoms with Crippen molar-refractivity contribution in [2.24, 2.45) is 0 Å². The maximum atomic E-state index is 12.5. The summed E-state index contributed by atoms with van der Waals surface area (Å²) in [4.78, 5) is 31.7. The molecule has 0 atom stereocenters. The van der Waals surface area contributed by atoms with Crippen LogP contribution >= 0.6 is 23.1 Å². The van der Waals surface area contributed by atoms with Crippen molar-refractivity contribution in [2.75, 3.05) is 19.8 Å². The van der Waals surface area contributed by atoms with Gasteiger partial charge in [-0.3, -0.25) is 4.79 Å². The predicted molar refractivity (Wildman–Crippen MR) is 105 cm³/mol. The fourth-order valence-electron chi connectivity index (χ4n) is 2.13. The van der Waals surface area contributed by atoms with Crippen LogP contribution in [0.25, 0.3) is 10.8 Å². The van der Waals surface area contributed by atoms with Crippen LogP contribution in [0.3, 0.4) is 0 Å². The molecule has 6 nitrogen and oxygen atoms in total. The molecule has 0 N–H and O–H groups in total. The highest BCUT2D eigenvalue weighted by molar-refractivity contribution is 8.00. The lowest BCUT2D eigenvalue weighted by atomic mass is 10.2. The van der Waals surface area contributed by atoms with Crippen molar-refractivity contribution in [3.8, 4) is 10.8 Å². The topological polar surface area (TPSA) is 72.6 Å². The highest BCUT2D eigenvalue weighted by atomic mass is 32.2. The van der Waals surface area contributed by atoms with Crippen molar-refractivity contribution >= 4 is 35.0 Å². The van der Waals surface area contributed by atoms with Gasteiger partial charge in [0.15, 0.2) is 0 Å². The van der Waals surface area contributed by atoms with E-state index >= 15 is 0 Å². The molecule has 1 aromatic carbocycles. The Balaban J connectivity index is 1.62. The Hall–Kier alpha value is -2.58. The van der Waals surface area contributed by atoms with Crippen molar-refractivity contribution in [3.05, 3.63) is 59.3 Å². The SMILES string of the molecule is CN(C)C(=O)CSc1ccccc1C(=O)OCc1coc(-c2cccs2)n1. The molecule has 140 valence electrons. The van der Waals surface area contributed by atoms with E-state index in [1.165, 1.54) is 34.3 Å². The van der Waals surface area contributed by atoms with E-state index in [2.05, 4.69) is 4.98 Å². The van der Waals surface area contributed by atoms with Crippen LogP contribution in [0.1, 0.15) is 16.1 Å². The van der Waals surface area contributed by atoms with E-state index in [1.807, 2.05) is 23.6 Å². The Morgan fingerprint density at radius 3 is 2.78 bits per heavy atom.